The molecule has 0 radical (unpaired) electrons. The molecule has 0 aromatic heterocycles. The van der Waals surface area contributed by atoms with E-state index in [2.05, 4.69) is 20.7 Å². The Morgan fingerprint density at radius 2 is 1.65 bits per heavy atom. The van der Waals surface area contributed by atoms with E-state index in [0.29, 0.717) is 11.1 Å². The van der Waals surface area contributed by atoms with Gasteiger partial charge in [-0.25, -0.2) is 8.42 Å². The number of rotatable bonds is 6. The van der Waals surface area contributed by atoms with Crippen LogP contribution < -0.4 is 4.72 Å². The molecule has 1 unspecified atom stereocenters. The average molecular weight is 440 g/mol. The van der Waals surface area contributed by atoms with E-state index in [1.807, 2.05) is 43.3 Å². The van der Waals surface area contributed by atoms with Crippen molar-refractivity contribution in [2.24, 2.45) is 0 Å². The summed E-state index contributed by atoms with van der Waals surface area (Å²) < 4.78 is 34.1. The Morgan fingerprint density at radius 3 is 2.15 bits per heavy atom. The van der Waals surface area contributed by atoms with E-state index in [-0.39, 0.29) is 11.3 Å². The van der Waals surface area contributed by atoms with Crippen LogP contribution in [0.2, 0.25) is 0 Å². The molecule has 2 aromatic carbocycles. The zero-order chi connectivity index (χ0) is 19.5. The zero-order valence-corrected chi connectivity index (χ0v) is 17.6. The summed E-state index contributed by atoms with van der Waals surface area (Å²) in [6.07, 6.45) is 0.198. The van der Waals surface area contributed by atoms with Gasteiger partial charge in [-0.3, -0.25) is 4.79 Å². The molecular weight excluding hydrogens is 418 g/mol. The SMILES string of the molecule is COC(=O)C(Cc1ccc(Br)cc1)NS(=O)(=O)c1c(C)cc(C)cc1C. The van der Waals surface area contributed by atoms with Crippen molar-refractivity contribution in [2.45, 2.75) is 38.1 Å². The number of carbonyl (C=O) groups excluding carboxylic acids is 1. The molecule has 26 heavy (non-hydrogen) atoms. The van der Waals surface area contributed by atoms with Crippen molar-refractivity contribution in [1.29, 1.82) is 0 Å². The van der Waals surface area contributed by atoms with Crippen molar-refractivity contribution in [3.8, 4) is 0 Å². The van der Waals surface area contributed by atoms with E-state index in [9.17, 15) is 13.2 Å². The molecule has 0 aliphatic rings. The van der Waals surface area contributed by atoms with Crippen LogP contribution in [0.15, 0.2) is 45.8 Å². The van der Waals surface area contributed by atoms with Crippen LogP contribution in [0.25, 0.3) is 0 Å². The van der Waals surface area contributed by atoms with Gasteiger partial charge in [-0.15, -0.1) is 0 Å². The first-order valence-corrected chi connectivity index (χ1v) is 10.3. The van der Waals surface area contributed by atoms with Gasteiger partial charge in [-0.1, -0.05) is 45.8 Å². The third-order valence-corrected chi connectivity index (χ3v) is 6.31. The first kappa shape index (κ1) is 20.6. The molecule has 1 atom stereocenters. The smallest absolute Gasteiger partial charge is 0.324 e. The summed E-state index contributed by atoms with van der Waals surface area (Å²) in [7, 11) is -2.64. The predicted octanol–water partition coefficient (Wildman–Crippen LogP) is 3.44. The number of hydrogen-bond donors (Lipinski definition) is 1. The number of benzene rings is 2. The minimum atomic E-state index is -3.88. The van der Waals surface area contributed by atoms with E-state index in [1.165, 1.54) is 7.11 Å². The predicted molar refractivity (Wildman–Crippen MR) is 105 cm³/mol. The molecule has 0 aliphatic carbocycles. The van der Waals surface area contributed by atoms with E-state index < -0.39 is 22.0 Å². The summed E-state index contributed by atoms with van der Waals surface area (Å²) in [5.74, 6) is -0.626. The zero-order valence-electron chi connectivity index (χ0n) is 15.2. The highest BCUT2D eigenvalue weighted by molar-refractivity contribution is 9.10. The molecule has 1 N–H and O–H groups in total. The van der Waals surface area contributed by atoms with Gasteiger partial charge in [0, 0.05) is 4.47 Å². The molecule has 0 spiro atoms. The van der Waals surface area contributed by atoms with Gasteiger partial charge in [0.25, 0.3) is 0 Å². The van der Waals surface area contributed by atoms with Crippen molar-refractivity contribution in [2.75, 3.05) is 7.11 Å². The van der Waals surface area contributed by atoms with E-state index in [0.717, 1.165) is 15.6 Å². The van der Waals surface area contributed by atoms with Gasteiger partial charge < -0.3 is 4.74 Å². The van der Waals surface area contributed by atoms with Crippen molar-refractivity contribution in [1.82, 2.24) is 4.72 Å². The number of carbonyl (C=O) groups is 1. The number of aryl methyl sites for hydroxylation is 3. The maximum atomic E-state index is 12.9. The van der Waals surface area contributed by atoms with Crippen LogP contribution in [0, 0.1) is 20.8 Å². The lowest BCUT2D eigenvalue weighted by molar-refractivity contribution is -0.142. The van der Waals surface area contributed by atoms with Crippen LogP contribution in [0.4, 0.5) is 0 Å². The van der Waals surface area contributed by atoms with E-state index in [4.69, 9.17) is 4.74 Å². The number of esters is 1. The summed E-state index contributed by atoms with van der Waals surface area (Å²) >= 11 is 3.35. The third kappa shape index (κ3) is 4.93. The molecular formula is C19H22BrNO4S. The van der Waals surface area contributed by atoms with Crippen molar-refractivity contribution < 1.29 is 17.9 Å². The Morgan fingerprint density at radius 1 is 1.12 bits per heavy atom. The van der Waals surface area contributed by atoms with Crippen molar-refractivity contribution in [3.05, 3.63) is 63.1 Å². The maximum absolute atomic E-state index is 12.9. The molecule has 5 nitrogen and oxygen atoms in total. The normalized spacial score (nSPS) is 12.7. The molecule has 0 saturated heterocycles. The summed E-state index contributed by atoms with van der Waals surface area (Å²) in [6.45, 7) is 5.40. The van der Waals surface area contributed by atoms with Crippen molar-refractivity contribution in [3.63, 3.8) is 0 Å². The lowest BCUT2D eigenvalue weighted by atomic mass is 10.1. The maximum Gasteiger partial charge on any atom is 0.324 e. The number of sulfonamides is 1. The Kier molecular flexibility index (Phi) is 6.60. The molecule has 0 saturated carbocycles. The summed E-state index contributed by atoms with van der Waals surface area (Å²) in [6, 6.07) is 9.95. The minimum Gasteiger partial charge on any atom is -0.468 e. The molecule has 0 heterocycles. The molecule has 7 heteroatoms. The second kappa shape index (κ2) is 8.33. The monoisotopic (exact) mass is 439 g/mol. The highest BCUT2D eigenvalue weighted by atomic mass is 79.9. The lowest BCUT2D eigenvalue weighted by Crippen LogP contribution is -2.43. The summed E-state index contributed by atoms with van der Waals surface area (Å²) in [4.78, 5) is 12.4. The standard InChI is InChI=1S/C19H22BrNO4S/c1-12-9-13(2)18(14(3)10-12)26(23,24)21-17(19(22)25-4)11-15-5-7-16(20)8-6-15/h5-10,17,21H,11H2,1-4H3. The van der Waals surface area contributed by atoms with E-state index >= 15 is 0 Å². The molecule has 0 fully saturated rings. The molecule has 0 aliphatic heterocycles. The fourth-order valence-corrected chi connectivity index (χ4v) is 4.91. The quantitative estimate of drug-likeness (QED) is 0.699. The molecule has 2 rings (SSSR count). The molecule has 2 aromatic rings. The van der Waals surface area contributed by atoms with Gasteiger partial charge in [0.2, 0.25) is 10.0 Å². The molecule has 140 valence electrons. The van der Waals surface area contributed by atoms with Gasteiger partial charge in [0.1, 0.15) is 6.04 Å². The molecule has 0 bridgehead atoms. The molecule has 0 amide bonds. The van der Waals surface area contributed by atoms with Gasteiger partial charge in [0.15, 0.2) is 0 Å². The largest absolute Gasteiger partial charge is 0.468 e. The first-order chi connectivity index (χ1) is 12.1. The van der Waals surface area contributed by atoms with Crippen LogP contribution in [-0.4, -0.2) is 27.5 Å². The number of methoxy groups -OCH3 is 1. The van der Waals surface area contributed by atoms with Gasteiger partial charge >= 0.3 is 5.97 Å². The second-order valence-corrected chi connectivity index (χ2v) is 8.82. The fourth-order valence-electron chi connectivity index (χ4n) is 3.01. The number of halogens is 1. The van der Waals surface area contributed by atoms with Crippen LogP contribution >= 0.6 is 15.9 Å². The number of nitrogens with one attached hydrogen (secondary N) is 1. The Labute approximate surface area is 162 Å². The summed E-state index contributed by atoms with van der Waals surface area (Å²) in [5.41, 5.74) is 3.09. The highest BCUT2D eigenvalue weighted by Crippen LogP contribution is 2.22. The fraction of sp³-hybridized carbons (Fsp3) is 0.316. The average Bonchev–Trinajstić information content (AvgIpc) is 2.54. The second-order valence-electron chi connectivity index (χ2n) is 6.26. The summed E-state index contributed by atoms with van der Waals surface area (Å²) in [5, 5.41) is 0. The van der Waals surface area contributed by atoms with Crippen LogP contribution in [0.1, 0.15) is 22.3 Å². The minimum absolute atomic E-state index is 0.198. The Balaban J connectivity index is 2.35. The number of ether oxygens (including phenoxy) is 1. The van der Waals surface area contributed by atoms with Crippen LogP contribution in [0.5, 0.6) is 0 Å². The topological polar surface area (TPSA) is 72.5 Å². The van der Waals surface area contributed by atoms with Gasteiger partial charge in [-0.05, 0) is 56.0 Å². The highest BCUT2D eigenvalue weighted by Gasteiger charge is 2.28. The Bertz CT molecular complexity index is 885. The Hall–Kier alpha value is -1.70. The van der Waals surface area contributed by atoms with Gasteiger partial charge in [0.05, 0.1) is 12.0 Å². The van der Waals surface area contributed by atoms with E-state index in [1.54, 1.807) is 13.8 Å². The van der Waals surface area contributed by atoms with Crippen molar-refractivity contribution >= 4 is 31.9 Å². The number of hydrogen-bond acceptors (Lipinski definition) is 4. The van der Waals surface area contributed by atoms with Crippen LogP contribution in [0.3, 0.4) is 0 Å². The first-order valence-electron chi connectivity index (χ1n) is 8.06. The third-order valence-electron chi connectivity index (χ3n) is 4.01. The van der Waals surface area contributed by atoms with Gasteiger partial charge in [-0.2, -0.15) is 4.72 Å². The lowest BCUT2D eigenvalue weighted by Gasteiger charge is -2.19. The van der Waals surface area contributed by atoms with Crippen LogP contribution in [-0.2, 0) is 26.0 Å².